The number of carbonyl (C=O) groups is 1. The monoisotopic (exact) mass is 335 g/mol. The van der Waals surface area contributed by atoms with E-state index < -0.39 is 5.91 Å². The van der Waals surface area contributed by atoms with Crippen LogP contribution >= 0.6 is 0 Å². The molecule has 0 radical (unpaired) electrons. The molecule has 1 aromatic carbocycles. The van der Waals surface area contributed by atoms with Gasteiger partial charge in [-0.1, -0.05) is 12.1 Å². The molecular weight excluding hydrogens is 318 g/mol. The minimum Gasteiger partial charge on any atom is -0.439 e. The maximum atomic E-state index is 12.1. The molecule has 0 aliphatic heterocycles. The van der Waals surface area contributed by atoms with Crippen LogP contribution in [0.4, 0.5) is 11.5 Å². The zero-order valence-corrected chi connectivity index (χ0v) is 13.9. The molecule has 0 saturated carbocycles. The van der Waals surface area contributed by atoms with Crippen LogP contribution in [0.5, 0.6) is 11.6 Å². The van der Waals surface area contributed by atoms with Crippen molar-refractivity contribution in [3.05, 3.63) is 65.7 Å². The number of pyridine rings is 1. The summed E-state index contributed by atoms with van der Waals surface area (Å²) < 4.78 is 5.79. The molecule has 0 bridgehead atoms. The lowest BCUT2D eigenvalue weighted by Crippen LogP contribution is -2.16. The fraction of sp³-hybridized carbons (Fsp3) is 0.111. The SMILES string of the molecule is Cc1cccc(Oc2ccc(NC(=O)c3nccnc3N)cn2)c1C. The standard InChI is InChI=1S/C18H17N5O2/c1-11-4-3-5-14(12(11)2)25-15-7-6-13(10-22-15)23-18(24)16-17(19)21-9-8-20-16/h3-10H,1-2H3,(H2,19,21)(H,23,24). The van der Waals surface area contributed by atoms with Crippen LogP contribution in [0.2, 0.25) is 0 Å². The number of nitrogens with one attached hydrogen (secondary N) is 1. The maximum Gasteiger partial charge on any atom is 0.278 e. The molecule has 3 aromatic rings. The molecule has 0 spiro atoms. The zero-order chi connectivity index (χ0) is 17.8. The van der Waals surface area contributed by atoms with Gasteiger partial charge in [0.15, 0.2) is 11.5 Å². The van der Waals surface area contributed by atoms with Gasteiger partial charge in [0.1, 0.15) is 5.75 Å². The third kappa shape index (κ3) is 3.72. The van der Waals surface area contributed by atoms with Gasteiger partial charge in [0.05, 0.1) is 11.9 Å². The molecule has 3 rings (SSSR count). The Morgan fingerprint density at radius 3 is 2.60 bits per heavy atom. The summed E-state index contributed by atoms with van der Waals surface area (Å²) in [4.78, 5) is 24.1. The first-order valence-corrected chi connectivity index (χ1v) is 7.62. The van der Waals surface area contributed by atoms with Crippen molar-refractivity contribution < 1.29 is 9.53 Å². The fourth-order valence-corrected chi connectivity index (χ4v) is 2.18. The molecule has 7 heteroatoms. The number of rotatable bonds is 4. The van der Waals surface area contributed by atoms with Crippen molar-refractivity contribution in [2.45, 2.75) is 13.8 Å². The second-order valence-corrected chi connectivity index (χ2v) is 5.43. The highest BCUT2D eigenvalue weighted by atomic mass is 16.5. The van der Waals surface area contributed by atoms with E-state index in [0.29, 0.717) is 11.6 Å². The van der Waals surface area contributed by atoms with Gasteiger partial charge in [-0.3, -0.25) is 4.79 Å². The summed E-state index contributed by atoms with van der Waals surface area (Å²) in [6.07, 6.45) is 4.34. The summed E-state index contributed by atoms with van der Waals surface area (Å²) in [5, 5.41) is 2.67. The average molecular weight is 335 g/mol. The highest BCUT2D eigenvalue weighted by Gasteiger charge is 2.12. The molecule has 3 N–H and O–H groups in total. The van der Waals surface area contributed by atoms with Gasteiger partial charge < -0.3 is 15.8 Å². The molecule has 0 fully saturated rings. The van der Waals surface area contributed by atoms with E-state index in [4.69, 9.17) is 10.5 Å². The molecule has 0 aliphatic rings. The molecule has 2 heterocycles. The van der Waals surface area contributed by atoms with Crippen LogP contribution in [0.15, 0.2) is 48.9 Å². The number of nitrogens with zero attached hydrogens (tertiary/aromatic N) is 3. The van der Waals surface area contributed by atoms with Crippen LogP contribution in [-0.2, 0) is 0 Å². The van der Waals surface area contributed by atoms with E-state index in [2.05, 4.69) is 20.3 Å². The quantitative estimate of drug-likeness (QED) is 0.759. The van der Waals surface area contributed by atoms with E-state index in [1.165, 1.54) is 18.6 Å². The molecule has 1 amide bonds. The highest BCUT2D eigenvalue weighted by Crippen LogP contribution is 2.26. The third-order valence-electron chi connectivity index (χ3n) is 3.71. The number of amides is 1. The number of hydrogen-bond acceptors (Lipinski definition) is 6. The number of carbonyl (C=O) groups excluding carboxylic acids is 1. The van der Waals surface area contributed by atoms with Gasteiger partial charge in [0, 0.05) is 18.5 Å². The number of aromatic nitrogens is 3. The molecular formula is C18H17N5O2. The first-order valence-electron chi connectivity index (χ1n) is 7.62. The van der Waals surface area contributed by atoms with Gasteiger partial charge >= 0.3 is 0 Å². The fourth-order valence-electron chi connectivity index (χ4n) is 2.18. The molecule has 0 aliphatic carbocycles. The van der Waals surface area contributed by atoms with E-state index in [9.17, 15) is 4.79 Å². The Kier molecular flexibility index (Phi) is 4.56. The predicted molar refractivity (Wildman–Crippen MR) is 94.6 cm³/mol. The van der Waals surface area contributed by atoms with Gasteiger partial charge in [0.25, 0.3) is 5.91 Å². The largest absolute Gasteiger partial charge is 0.439 e. The molecule has 2 aromatic heterocycles. The molecule has 126 valence electrons. The lowest BCUT2D eigenvalue weighted by Gasteiger charge is -2.10. The first kappa shape index (κ1) is 16.4. The number of hydrogen-bond donors (Lipinski definition) is 2. The van der Waals surface area contributed by atoms with Gasteiger partial charge in [-0.25, -0.2) is 15.0 Å². The van der Waals surface area contributed by atoms with Crippen LogP contribution in [0.3, 0.4) is 0 Å². The zero-order valence-electron chi connectivity index (χ0n) is 13.9. The second-order valence-electron chi connectivity index (χ2n) is 5.43. The highest BCUT2D eigenvalue weighted by molar-refractivity contribution is 6.05. The minimum atomic E-state index is -0.449. The summed E-state index contributed by atoms with van der Waals surface area (Å²) in [6, 6.07) is 9.20. The Morgan fingerprint density at radius 2 is 1.88 bits per heavy atom. The summed E-state index contributed by atoms with van der Waals surface area (Å²) in [7, 11) is 0. The van der Waals surface area contributed by atoms with Crippen LogP contribution in [0.25, 0.3) is 0 Å². The smallest absolute Gasteiger partial charge is 0.278 e. The molecule has 7 nitrogen and oxygen atoms in total. The lowest BCUT2D eigenvalue weighted by molar-refractivity contribution is 0.102. The number of ether oxygens (including phenoxy) is 1. The van der Waals surface area contributed by atoms with Crippen LogP contribution in [0.1, 0.15) is 21.6 Å². The van der Waals surface area contributed by atoms with Crippen LogP contribution in [0, 0.1) is 13.8 Å². The summed E-state index contributed by atoms with van der Waals surface area (Å²) in [5.74, 6) is 0.806. The summed E-state index contributed by atoms with van der Waals surface area (Å²) >= 11 is 0. The van der Waals surface area contributed by atoms with Crippen molar-refractivity contribution >= 4 is 17.4 Å². The molecule has 0 saturated heterocycles. The summed E-state index contributed by atoms with van der Waals surface area (Å²) in [6.45, 7) is 4.01. The average Bonchev–Trinajstić information content (AvgIpc) is 2.61. The minimum absolute atomic E-state index is 0.0678. The van der Waals surface area contributed by atoms with E-state index in [1.54, 1.807) is 12.1 Å². The van der Waals surface area contributed by atoms with Gasteiger partial charge in [-0.05, 0) is 37.1 Å². The Balaban J connectivity index is 1.71. The Labute approximate surface area is 144 Å². The normalized spacial score (nSPS) is 10.3. The summed E-state index contributed by atoms with van der Waals surface area (Å²) in [5.41, 5.74) is 8.41. The first-order chi connectivity index (χ1) is 12.0. The van der Waals surface area contributed by atoms with Crippen molar-refractivity contribution in [1.29, 1.82) is 0 Å². The van der Waals surface area contributed by atoms with E-state index in [0.717, 1.165) is 16.9 Å². The molecule has 0 atom stereocenters. The van der Waals surface area contributed by atoms with Crippen LogP contribution in [-0.4, -0.2) is 20.9 Å². The lowest BCUT2D eigenvalue weighted by atomic mass is 10.1. The Morgan fingerprint density at radius 1 is 1.08 bits per heavy atom. The number of nitrogens with two attached hydrogens (primary N) is 1. The Hall–Kier alpha value is -3.48. The van der Waals surface area contributed by atoms with E-state index in [1.807, 2.05) is 32.0 Å². The van der Waals surface area contributed by atoms with Crippen molar-refractivity contribution in [3.63, 3.8) is 0 Å². The third-order valence-corrected chi connectivity index (χ3v) is 3.71. The number of benzene rings is 1. The van der Waals surface area contributed by atoms with Gasteiger partial charge in [0.2, 0.25) is 5.88 Å². The van der Waals surface area contributed by atoms with E-state index in [-0.39, 0.29) is 11.5 Å². The topological polar surface area (TPSA) is 103 Å². The Bertz CT molecular complexity index is 910. The number of aryl methyl sites for hydroxylation is 1. The molecule has 0 unspecified atom stereocenters. The second kappa shape index (κ2) is 6.96. The van der Waals surface area contributed by atoms with Crippen molar-refractivity contribution in [3.8, 4) is 11.6 Å². The van der Waals surface area contributed by atoms with Crippen LogP contribution < -0.4 is 15.8 Å². The maximum absolute atomic E-state index is 12.1. The van der Waals surface area contributed by atoms with Gasteiger partial charge in [-0.2, -0.15) is 0 Å². The van der Waals surface area contributed by atoms with Gasteiger partial charge in [-0.15, -0.1) is 0 Å². The van der Waals surface area contributed by atoms with Crippen molar-refractivity contribution in [2.75, 3.05) is 11.1 Å². The van der Waals surface area contributed by atoms with Crippen molar-refractivity contribution in [2.24, 2.45) is 0 Å². The van der Waals surface area contributed by atoms with Crippen molar-refractivity contribution in [1.82, 2.24) is 15.0 Å². The van der Waals surface area contributed by atoms with E-state index >= 15 is 0 Å². The number of nitrogen functional groups attached to an aromatic ring is 1. The predicted octanol–water partition coefficient (Wildman–Crippen LogP) is 3.12. The molecule has 25 heavy (non-hydrogen) atoms. The number of anilines is 2.